The summed E-state index contributed by atoms with van der Waals surface area (Å²) in [6.07, 6.45) is 1.42. The maximum atomic E-state index is 5.36. The number of fused-ring (bicyclic) bond motifs is 1. The summed E-state index contributed by atoms with van der Waals surface area (Å²) in [7, 11) is 3.17. The van der Waals surface area contributed by atoms with Gasteiger partial charge in [-0.25, -0.2) is 0 Å². The van der Waals surface area contributed by atoms with Gasteiger partial charge in [0.15, 0.2) is 17.8 Å². The quantitative estimate of drug-likeness (QED) is 0.574. The first-order valence-corrected chi connectivity index (χ1v) is 5.29. The van der Waals surface area contributed by atoms with Gasteiger partial charge in [0.1, 0.15) is 0 Å². The summed E-state index contributed by atoms with van der Waals surface area (Å²) in [6.45, 7) is 0.705. The molecule has 1 aromatic rings. The number of hydrogen-bond donors (Lipinski definition) is 0. The highest BCUT2D eigenvalue weighted by molar-refractivity contribution is 5.85. The van der Waals surface area contributed by atoms with E-state index >= 15 is 0 Å². The van der Waals surface area contributed by atoms with E-state index in [0.717, 1.165) is 17.1 Å². The van der Waals surface area contributed by atoms with E-state index in [2.05, 4.69) is 4.99 Å². The fourth-order valence-corrected chi connectivity index (χ4v) is 1.54. The van der Waals surface area contributed by atoms with Crippen LogP contribution >= 0.6 is 0 Å². The van der Waals surface area contributed by atoms with Crippen LogP contribution in [-0.4, -0.2) is 40.1 Å². The number of methoxy groups -OCH3 is 2. The number of benzene rings is 1. The number of rotatable bonds is 5. The SMILES string of the molecule is COC(CN=Cc1cccc2c1OCO2)OC. The van der Waals surface area contributed by atoms with Crippen molar-refractivity contribution in [1.29, 1.82) is 0 Å². The van der Waals surface area contributed by atoms with Crippen molar-refractivity contribution in [2.75, 3.05) is 27.6 Å². The molecular weight excluding hydrogens is 222 g/mol. The molecule has 0 amide bonds. The molecule has 2 rings (SSSR count). The van der Waals surface area contributed by atoms with Gasteiger partial charge in [-0.15, -0.1) is 0 Å². The van der Waals surface area contributed by atoms with Gasteiger partial charge < -0.3 is 18.9 Å². The summed E-state index contributed by atoms with van der Waals surface area (Å²) in [6, 6.07) is 5.69. The molecule has 1 heterocycles. The Balaban J connectivity index is 2.04. The zero-order valence-corrected chi connectivity index (χ0v) is 9.88. The molecule has 1 aliphatic heterocycles. The molecule has 0 aromatic heterocycles. The number of hydrogen-bond acceptors (Lipinski definition) is 5. The lowest BCUT2D eigenvalue weighted by Crippen LogP contribution is -2.16. The first kappa shape index (κ1) is 11.9. The van der Waals surface area contributed by atoms with Gasteiger partial charge in [0.2, 0.25) is 6.79 Å². The van der Waals surface area contributed by atoms with Gasteiger partial charge in [-0.1, -0.05) is 6.07 Å². The van der Waals surface area contributed by atoms with Crippen molar-refractivity contribution in [1.82, 2.24) is 0 Å². The van der Waals surface area contributed by atoms with Crippen LogP contribution in [0.15, 0.2) is 23.2 Å². The maximum absolute atomic E-state index is 5.36. The lowest BCUT2D eigenvalue weighted by Gasteiger charge is -2.09. The summed E-state index contributed by atoms with van der Waals surface area (Å²) < 4.78 is 20.7. The van der Waals surface area contributed by atoms with E-state index in [4.69, 9.17) is 18.9 Å². The van der Waals surface area contributed by atoms with Crippen molar-refractivity contribution in [2.24, 2.45) is 4.99 Å². The number of aliphatic imine (C=N–C) groups is 1. The molecule has 1 aliphatic rings. The molecular formula is C12H15NO4. The minimum atomic E-state index is -0.319. The van der Waals surface area contributed by atoms with Crippen molar-refractivity contribution in [3.05, 3.63) is 23.8 Å². The zero-order chi connectivity index (χ0) is 12.1. The first-order chi connectivity index (χ1) is 8.35. The van der Waals surface area contributed by atoms with Gasteiger partial charge in [0, 0.05) is 26.0 Å². The third-order valence-electron chi connectivity index (χ3n) is 2.44. The van der Waals surface area contributed by atoms with Crippen LogP contribution < -0.4 is 9.47 Å². The van der Waals surface area contributed by atoms with Gasteiger partial charge >= 0.3 is 0 Å². The molecule has 0 atom stereocenters. The second kappa shape index (κ2) is 5.65. The molecule has 0 bridgehead atoms. The Morgan fingerprint density at radius 3 is 2.94 bits per heavy atom. The van der Waals surface area contributed by atoms with Gasteiger partial charge in [-0.05, 0) is 12.1 Å². The van der Waals surface area contributed by atoms with Crippen LogP contribution in [0.1, 0.15) is 5.56 Å². The summed E-state index contributed by atoms with van der Waals surface area (Å²) in [5.74, 6) is 1.49. The second-order valence-corrected chi connectivity index (χ2v) is 3.48. The summed E-state index contributed by atoms with van der Waals surface area (Å²) >= 11 is 0. The van der Waals surface area contributed by atoms with Gasteiger partial charge in [0.05, 0.1) is 6.54 Å². The van der Waals surface area contributed by atoms with Crippen LogP contribution in [-0.2, 0) is 9.47 Å². The largest absolute Gasteiger partial charge is 0.454 e. The third-order valence-corrected chi connectivity index (χ3v) is 2.44. The Hall–Kier alpha value is -1.59. The Morgan fingerprint density at radius 1 is 1.35 bits per heavy atom. The molecule has 92 valence electrons. The van der Waals surface area contributed by atoms with Crippen molar-refractivity contribution in [3.63, 3.8) is 0 Å². The van der Waals surface area contributed by atoms with Gasteiger partial charge in [-0.2, -0.15) is 0 Å². The van der Waals surface area contributed by atoms with Crippen molar-refractivity contribution < 1.29 is 18.9 Å². The van der Waals surface area contributed by atoms with E-state index in [1.54, 1.807) is 20.4 Å². The van der Waals surface area contributed by atoms with E-state index in [0.29, 0.717) is 6.54 Å². The van der Waals surface area contributed by atoms with E-state index in [1.807, 2.05) is 18.2 Å². The Morgan fingerprint density at radius 2 is 2.18 bits per heavy atom. The smallest absolute Gasteiger partial charge is 0.231 e. The van der Waals surface area contributed by atoms with E-state index < -0.39 is 0 Å². The van der Waals surface area contributed by atoms with Gasteiger partial charge in [0.25, 0.3) is 0 Å². The summed E-state index contributed by atoms with van der Waals surface area (Å²) in [5.41, 5.74) is 0.894. The molecule has 1 aromatic carbocycles. The maximum Gasteiger partial charge on any atom is 0.231 e. The number of ether oxygens (including phenoxy) is 4. The first-order valence-electron chi connectivity index (χ1n) is 5.29. The molecule has 0 N–H and O–H groups in total. The predicted octanol–water partition coefficient (Wildman–Crippen LogP) is 1.45. The summed E-state index contributed by atoms with van der Waals surface area (Å²) in [5, 5.41) is 0. The average molecular weight is 237 g/mol. The van der Waals surface area contributed by atoms with Crippen LogP contribution in [0, 0.1) is 0 Å². The third kappa shape index (κ3) is 2.75. The Labute approximate surface area is 100.0 Å². The molecule has 0 aliphatic carbocycles. The number of nitrogens with zero attached hydrogens (tertiary/aromatic N) is 1. The zero-order valence-electron chi connectivity index (χ0n) is 9.88. The minimum absolute atomic E-state index is 0.263. The van der Waals surface area contributed by atoms with Crippen LogP contribution in [0.3, 0.4) is 0 Å². The topological polar surface area (TPSA) is 49.3 Å². The lowest BCUT2D eigenvalue weighted by atomic mass is 10.2. The van der Waals surface area contributed by atoms with E-state index in [9.17, 15) is 0 Å². The molecule has 0 spiro atoms. The van der Waals surface area contributed by atoms with Crippen molar-refractivity contribution in [3.8, 4) is 11.5 Å². The molecule has 0 unspecified atom stereocenters. The molecule has 0 radical (unpaired) electrons. The highest BCUT2D eigenvalue weighted by Crippen LogP contribution is 2.34. The fraction of sp³-hybridized carbons (Fsp3) is 0.417. The van der Waals surface area contributed by atoms with Crippen LogP contribution in [0.2, 0.25) is 0 Å². The normalized spacial score (nSPS) is 13.8. The molecule has 0 fully saturated rings. The highest BCUT2D eigenvalue weighted by atomic mass is 16.7. The monoisotopic (exact) mass is 237 g/mol. The van der Waals surface area contributed by atoms with E-state index in [-0.39, 0.29) is 13.1 Å². The highest BCUT2D eigenvalue weighted by Gasteiger charge is 2.15. The molecule has 5 heteroatoms. The van der Waals surface area contributed by atoms with Gasteiger partial charge in [-0.3, -0.25) is 4.99 Å². The molecule has 0 saturated heterocycles. The standard InChI is InChI=1S/C12H15NO4/c1-14-11(15-2)7-13-6-9-4-3-5-10-12(9)17-8-16-10/h3-6,11H,7-8H2,1-2H3. The minimum Gasteiger partial charge on any atom is -0.454 e. The van der Waals surface area contributed by atoms with Crippen LogP contribution in [0.25, 0.3) is 0 Å². The predicted molar refractivity (Wildman–Crippen MR) is 62.8 cm³/mol. The van der Waals surface area contributed by atoms with Crippen LogP contribution in [0.5, 0.6) is 11.5 Å². The molecule has 0 saturated carbocycles. The second-order valence-electron chi connectivity index (χ2n) is 3.48. The van der Waals surface area contributed by atoms with Crippen LogP contribution in [0.4, 0.5) is 0 Å². The van der Waals surface area contributed by atoms with Crippen molar-refractivity contribution >= 4 is 6.21 Å². The molecule has 17 heavy (non-hydrogen) atoms. The Bertz CT molecular complexity index is 401. The van der Waals surface area contributed by atoms with Crippen molar-refractivity contribution in [2.45, 2.75) is 6.29 Å². The number of para-hydroxylation sites is 1. The fourth-order valence-electron chi connectivity index (χ4n) is 1.54. The lowest BCUT2D eigenvalue weighted by molar-refractivity contribution is -0.0936. The Kier molecular flexibility index (Phi) is 3.95. The molecule has 5 nitrogen and oxygen atoms in total. The van der Waals surface area contributed by atoms with E-state index in [1.165, 1.54) is 0 Å². The average Bonchev–Trinajstić information content (AvgIpc) is 2.83. The summed E-state index contributed by atoms with van der Waals surface area (Å²) in [4.78, 5) is 4.25.